The number of alkyl halides is 3. The van der Waals surface area contributed by atoms with Gasteiger partial charge in [-0.05, 0) is 53.2 Å². The molecule has 4 aromatic rings. The summed E-state index contributed by atoms with van der Waals surface area (Å²) in [7, 11) is 1.56. The van der Waals surface area contributed by atoms with Crippen LogP contribution in [-0.2, 0) is 17.5 Å². The third-order valence-electron chi connectivity index (χ3n) is 4.76. The van der Waals surface area contributed by atoms with Crippen LogP contribution in [0.2, 0.25) is 0 Å². The van der Waals surface area contributed by atoms with Crippen molar-refractivity contribution >= 4 is 22.4 Å². The molecule has 0 atom stereocenters. The van der Waals surface area contributed by atoms with Crippen LogP contribution in [0.3, 0.4) is 0 Å². The first-order valence-electron chi connectivity index (χ1n) is 9.82. The third-order valence-corrected chi connectivity index (χ3v) is 4.76. The number of methoxy groups -OCH3 is 1. The van der Waals surface area contributed by atoms with Gasteiger partial charge < -0.3 is 14.8 Å². The van der Waals surface area contributed by atoms with Gasteiger partial charge in [-0.1, -0.05) is 18.2 Å². The minimum Gasteiger partial charge on any atom is -0.439 e. The molecular formula is C24H18F3N3O3. The number of ether oxygens (including phenoxy) is 2. The topological polar surface area (TPSA) is 73.3 Å². The lowest BCUT2D eigenvalue weighted by atomic mass is 10.0. The smallest absolute Gasteiger partial charge is 0.416 e. The van der Waals surface area contributed by atoms with Crippen LogP contribution in [0.4, 0.5) is 18.9 Å². The molecule has 6 nitrogen and oxygen atoms in total. The van der Waals surface area contributed by atoms with Gasteiger partial charge in [0.05, 0.1) is 17.9 Å². The predicted octanol–water partition coefficient (Wildman–Crippen LogP) is 5.84. The number of fused-ring (bicyclic) bond motifs is 1. The highest BCUT2D eigenvalue weighted by Crippen LogP contribution is 2.31. The Hall–Kier alpha value is -3.98. The van der Waals surface area contributed by atoms with Crippen LogP contribution in [0, 0.1) is 0 Å². The molecule has 3 aromatic carbocycles. The Bertz CT molecular complexity index is 1310. The van der Waals surface area contributed by atoms with E-state index in [4.69, 9.17) is 9.47 Å². The van der Waals surface area contributed by atoms with E-state index in [0.29, 0.717) is 34.9 Å². The quantitative estimate of drug-likeness (QED) is 0.397. The molecule has 1 heterocycles. The summed E-state index contributed by atoms with van der Waals surface area (Å²) in [6.07, 6.45) is -3.12. The van der Waals surface area contributed by atoms with Gasteiger partial charge in [0.25, 0.3) is 5.91 Å². The highest BCUT2D eigenvalue weighted by molar-refractivity contribution is 6.13. The van der Waals surface area contributed by atoms with Gasteiger partial charge in [0.1, 0.15) is 12.1 Å². The van der Waals surface area contributed by atoms with E-state index in [1.54, 1.807) is 49.6 Å². The molecule has 0 saturated carbocycles. The van der Waals surface area contributed by atoms with Crippen molar-refractivity contribution < 1.29 is 27.4 Å². The molecular weight excluding hydrogens is 435 g/mol. The molecule has 0 radical (unpaired) electrons. The van der Waals surface area contributed by atoms with E-state index >= 15 is 0 Å². The van der Waals surface area contributed by atoms with Crippen molar-refractivity contribution in [2.75, 3.05) is 12.4 Å². The molecule has 1 amide bonds. The van der Waals surface area contributed by atoms with Crippen molar-refractivity contribution in [3.05, 3.63) is 89.9 Å². The van der Waals surface area contributed by atoms with E-state index in [0.717, 1.165) is 17.5 Å². The fraction of sp³-hybridized carbons (Fsp3) is 0.125. The summed E-state index contributed by atoms with van der Waals surface area (Å²) in [6.45, 7) is 0.320. The molecule has 168 valence electrons. The Kier molecular flexibility index (Phi) is 6.23. The first-order chi connectivity index (χ1) is 15.8. The summed E-state index contributed by atoms with van der Waals surface area (Å²) >= 11 is 0. The Morgan fingerprint density at radius 2 is 1.82 bits per heavy atom. The molecule has 0 bridgehead atoms. The van der Waals surface area contributed by atoms with E-state index in [9.17, 15) is 18.0 Å². The first-order valence-corrected chi connectivity index (χ1v) is 9.82. The zero-order valence-electron chi connectivity index (χ0n) is 17.4. The average molecular weight is 453 g/mol. The Balaban J connectivity index is 1.57. The van der Waals surface area contributed by atoms with Crippen molar-refractivity contribution in [2.45, 2.75) is 12.8 Å². The molecule has 0 fully saturated rings. The normalized spacial score (nSPS) is 11.4. The highest BCUT2D eigenvalue weighted by atomic mass is 19.4. The number of hydrogen-bond donors (Lipinski definition) is 1. The number of nitrogens with zero attached hydrogens (tertiary/aromatic N) is 2. The number of halogens is 3. The Morgan fingerprint density at radius 3 is 2.61 bits per heavy atom. The largest absolute Gasteiger partial charge is 0.439 e. The van der Waals surface area contributed by atoms with Gasteiger partial charge in [0.2, 0.25) is 5.88 Å². The minimum absolute atomic E-state index is 0.0578. The van der Waals surface area contributed by atoms with Crippen LogP contribution in [0.15, 0.2) is 73.1 Å². The van der Waals surface area contributed by atoms with Gasteiger partial charge in [-0.25, -0.2) is 9.97 Å². The number of hydrogen-bond acceptors (Lipinski definition) is 5. The highest BCUT2D eigenvalue weighted by Gasteiger charge is 2.30. The summed E-state index contributed by atoms with van der Waals surface area (Å²) in [4.78, 5) is 21.0. The number of nitrogens with one attached hydrogen (secondary N) is 1. The molecule has 4 rings (SSSR count). The molecule has 0 aliphatic carbocycles. The van der Waals surface area contributed by atoms with Crippen LogP contribution in [-0.4, -0.2) is 23.0 Å². The molecule has 1 aromatic heterocycles. The standard InChI is InChI=1S/C24H18F3N3O3/c1-32-13-18-12-22(29-14-28-18)33-19-8-9-20-15(10-19)4-2-7-21(20)23(31)30-17-6-3-5-16(11-17)24(25,26)27/h2-12,14H,13H2,1H3,(H,30,31). The van der Waals surface area contributed by atoms with Crippen molar-refractivity contribution in [1.82, 2.24) is 9.97 Å². The summed E-state index contributed by atoms with van der Waals surface area (Å²) < 4.78 is 49.7. The summed E-state index contributed by atoms with van der Waals surface area (Å²) in [5, 5.41) is 3.88. The maximum absolute atomic E-state index is 13.0. The number of benzene rings is 3. The number of amides is 1. The van der Waals surface area contributed by atoms with Crippen LogP contribution in [0.1, 0.15) is 21.6 Å². The monoisotopic (exact) mass is 453 g/mol. The van der Waals surface area contributed by atoms with Gasteiger partial charge >= 0.3 is 6.18 Å². The van der Waals surface area contributed by atoms with Crippen molar-refractivity contribution in [3.63, 3.8) is 0 Å². The second-order valence-electron chi connectivity index (χ2n) is 7.10. The number of carbonyl (C=O) groups excluding carboxylic acids is 1. The van der Waals surface area contributed by atoms with Crippen molar-refractivity contribution in [3.8, 4) is 11.6 Å². The van der Waals surface area contributed by atoms with Crippen LogP contribution in [0.25, 0.3) is 10.8 Å². The van der Waals surface area contributed by atoms with Crippen LogP contribution < -0.4 is 10.1 Å². The van der Waals surface area contributed by atoms with Crippen LogP contribution in [0.5, 0.6) is 11.6 Å². The zero-order chi connectivity index (χ0) is 23.4. The van der Waals surface area contributed by atoms with E-state index in [-0.39, 0.29) is 5.69 Å². The van der Waals surface area contributed by atoms with Crippen LogP contribution >= 0.6 is 0 Å². The fourth-order valence-corrected chi connectivity index (χ4v) is 3.28. The van der Waals surface area contributed by atoms with Gasteiger partial charge in [-0.3, -0.25) is 4.79 Å². The van der Waals surface area contributed by atoms with Gasteiger partial charge in [0.15, 0.2) is 0 Å². The second-order valence-corrected chi connectivity index (χ2v) is 7.10. The zero-order valence-corrected chi connectivity index (χ0v) is 17.4. The van der Waals surface area contributed by atoms with E-state index in [2.05, 4.69) is 15.3 Å². The summed E-state index contributed by atoms with van der Waals surface area (Å²) in [6, 6.07) is 16.4. The fourth-order valence-electron chi connectivity index (χ4n) is 3.28. The number of anilines is 1. The van der Waals surface area contributed by atoms with E-state index in [1.807, 2.05) is 0 Å². The van der Waals surface area contributed by atoms with Gasteiger partial charge in [0, 0.05) is 24.4 Å². The van der Waals surface area contributed by atoms with E-state index in [1.165, 1.54) is 18.5 Å². The maximum atomic E-state index is 13.0. The number of rotatable bonds is 6. The molecule has 1 N–H and O–H groups in total. The molecule has 0 saturated heterocycles. The number of carbonyl (C=O) groups is 1. The second kappa shape index (κ2) is 9.25. The van der Waals surface area contributed by atoms with Crippen molar-refractivity contribution in [1.29, 1.82) is 0 Å². The SMILES string of the molecule is COCc1cc(Oc2ccc3c(C(=O)Nc4cccc(C(F)(F)F)c4)cccc3c2)ncn1. The summed E-state index contributed by atoms with van der Waals surface area (Å²) in [5.74, 6) is 0.323. The first kappa shape index (κ1) is 22.2. The Morgan fingerprint density at radius 1 is 1.00 bits per heavy atom. The lowest BCUT2D eigenvalue weighted by Crippen LogP contribution is -2.13. The molecule has 9 heteroatoms. The Labute approximate surface area is 187 Å². The predicted molar refractivity (Wildman–Crippen MR) is 116 cm³/mol. The number of aromatic nitrogens is 2. The molecule has 33 heavy (non-hydrogen) atoms. The molecule has 0 spiro atoms. The lowest BCUT2D eigenvalue weighted by Gasteiger charge is -2.12. The maximum Gasteiger partial charge on any atom is 0.416 e. The molecule has 0 aliphatic heterocycles. The molecule has 0 aliphatic rings. The van der Waals surface area contributed by atoms with Gasteiger partial charge in [-0.2, -0.15) is 13.2 Å². The van der Waals surface area contributed by atoms with Gasteiger partial charge in [-0.15, -0.1) is 0 Å². The van der Waals surface area contributed by atoms with Crippen molar-refractivity contribution in [2.24, 2.45) is 0 Å². The summed E-state index contributed by atoms with van der Waals surface area (Å²) in [5.41, 5.74) is 0.207. The van der Waals surface area contributed by atoms with E-state index < -0.39 is 17.6 Å². The third kappa shape index (κ3) is 5.27. The average Bonchev–Trinajstić information content (AvgIpc) is 2.78. The minimum atomic E-state index is -4.50. The lowest BCUT2D eigenvalue weighted by molar-refractivity contribution is -0.137. The molecule has 0 unspecified atom stereocenters.